The summed E-state index contributed by atoms with van der Waals surface area (Å²) in [5, 5.41) is 2.00. The smallest absolute Gasteiger partial charge is 0.260 e. The molecule has 1 aromatic heterocycles. The van der Waals surface area contributed by atoms with Crippen LogP contribution in [0.4, 0.5) is 0 Å². The van der Waals surface area contributed by atoms with Gasteiger partial charge in [-0.05, 0) is 42.6 Å². The molecule has 5 heteroatoms. The second kappa shape index (κ2) is 8.48. The number of likely N-dealkylation sites (N-methyl/N-ethyl adjacent to an activating group) is 1. The zero-order chi connectivity index (χ0) is 16.7. The van der Waals surface area contributed by atoms with Crippen molar-refractivity contribution >= 4 is 23.0 Å². The lowest BCUT2D eigenvalue weighted by atomic mass is 10.1. The first kappa shape index (κ1) is 17.2. The molecular weight excluding hydrogens is 310 g/mol. The number of nitrogens with zero attached hydrogens (tertiary/aromatic N) is 1. The van der Waals surface area contributed by atoms with E-state index in [-0.39, 0.29) is 18.3 Å². The van der Waals surface area contributed by atoms with Crippen LogP contribution < -0.4 is 4.74 Å². The number of rotatable bonds is 8. The third-order valence-corrected chi connectivity index (χ3v) is 4.38. The van der Waals surface area contributed by atoms with Crippen LogP contribution in [0, 0.1) is 0 Å². The fourth-order valence-electron chi connectivity index (χ4n) is 2.14. The number of carbonyl (C=O) groups excluding carboxylic acids is 2. The monoisotopic (exact) mass is 331 g/mol. The number of Topliss-reactive ketones (excluding diaryl/α,β-unsaturated/α-hetero) is 1. The van der Waals surface area contributed by atoms with Crippen LogP contribution in [0.25, 0.3) is 0 Å². The molecule has 0 atom stereocenters. The molecule has 1 aromatic carbocycles. The lowest BCUT2D eigenvalue weighted by Gasteiger charge is -2.20. The van der Waals surface area contributed by atoms with Gasteiger partial charge in [-0.2, -0.15) is 0 Å². The first-order valence-electron chi connectivity index (χ1n) is 7.70. The van der Waals surface area contributed by atoms with E-state index in [1.807, 2.05) is 31.4 Å². The van der Waals surface area contributed by atoms with E-state index >= 15 is 0 Å². The van der Waals surface area contributed by atoms with E-state index in [2.05, 4.69) is 0 Å². The standard InChI is InChI=1S/C18H21NO3S/c1-3-17(20)14-7-9-15(10-8-14)22-13-18(21)19(4-2)12-16-6-5-11-23-16/h5-11H,3-4,12-13H2,1-2H3. The molecule has 0 radical (unpaired) electrons. The Bertz CT molecular complexity index is 635. The molecule has 1 amide bonds. The normalized spacial score (nSPS) is 10.3. The summed E-state index contributed by atoms with van der Waals surface area (Å²) in [6.45, 7) is 5.04. The van der Waals surface area contributed by atoms with Gasteiger partial charge in [-0.1, -0.05) is 13.0 Å². The van der Waals surface area contributed by atoms with Crippen LogP contribution in [-0.2, 0) is 11.3 Å². The predicted molar refractivity (Wildman–Crippen MR) is 92.0 cm³/mol. The summed E-state index contributed by atoms with van der Waals surface area (Å²) in [6.07, 6.45) is 0.479. The Morgan fingerprint density at radius 2 is 1.87 bits per heavy atom. The summed E-state index contributed by atoms with van der Waals surface area (Å²) in [5.74, 6) is 0.647. The lowest BCUT2D eigenvalue weighted by molar-refractivity contribution is -0.133. The van der Waals surface area contributed by atoms with E-state index in [0.717, 1.165) is 4.88 Å². The molecule has 0 saturated carbocycles. The van der Waals surface area contributed by atoms with Gasteiger partial charge in [-0.15, -0.1) is 11.3 Å². The average Bonchev–Trinajstić information content (AvgIpc) is 3.10. The van der Waals surface area contributed by atoms with Crippen molar-refractivity contribution in [2.45, 2.75) is 26.8 Å². The maximum atomic E-state index is 12.2. The third kappa shape index (κ3) is 4.93. The molecule has 2 rings (SSSR count). The van der Waals surface area contributed by atoms with Crippen molar-refractivity contribution < 1.29 is 14.3 Å². The van der Waals surface area contributed by atoms with E-state index < -0.39 is 0 Å². The number of hydrogen-bond acceptors (Lipinski definition) is 4. The molecule has 122 valence electrons. The van der Waals surface area contributed by atoms with Crippen molar-refractivity contribution in [2.75, 3.05) is 13.2 Å². The molecule has 1 heterocycles. The minimum absolute atomic E-state index is 0.000284. The van der Waals surface area contributed by atoms with Crippen LogP contribution in [0.5, 0.6) is 5.75 Å². The van der Waals surface area contributed by atoms with Crippen molar-refractivity contribution in [1.29, 1.82) is 0 Å². The van der Waals surface area contributed by atoms with Gasteiger partial charge >= 0.3 is 0 Å². The van der Waals surface area contributed by atoms with Gasteiger partial charge in [0.15, 0.2) is 12.4 Å². The second-order valence-electron chi connectivity index (χ2n) is 5.08. The molecule has 0 saturated heterocycles. The maximum Gasteiger partial charge on any atom is 0.260 e. The summed E-state index contributed by atoms with van der Waals surface area (Å²) >= 11 is 1.64. The van der Waals surface area contributed by atoms with Gasteiger partial charge in [0.25, 0.3) is 5.91 Å². The average molecular weight is 331 g/mol. The number of carbonyl (C=O) groups is 2. The molecule has 23 heavy (non-hydrogen) atoms. The van der Waals surface area contributed by atoms with Gasteiger partial charge in [0.1, 0.15) is 5.75 Å². The summed E-state index contributed by atoms with van der Waals surface area (Å²) < 4.78 is 5.54. The molecule has 0 aliphatic rings. The maximum absolute atomic E-state index is 12.2. The first-order valence-corrected chi connectivity index (χ1v) is 8.58. The van der Waals surface area contributed by atoms with Crippen molar-refractivity contribution in [3.05, 3.63) is 52.2 Å². The molecule has 0 N–H and O–H groups in total. The minimum atomic E-state index is -0.0467. The van der Waals surface area contributed by atoms with Crippen LogP contribution in [0.3, 0.4) is 0 Å². The Hall–Kier alpha value is -2.14. The van der Waals surface area contributed by atoms with Crippen molar-refractivity contribution in [1.82, 2.24) is 4.90 Å². The predicted octanol–water partition coefficient (Wildman–Crippen LogP) is 3.77. The molecule has 0 aliphatic carbocycles. The highest BCUT2D eigenvalue weighted by atomic mass is 32.1. The van der Waals surface area contributed by atoms with Crippen molar-refractivity contribution in [3.63, 3.8) is 0 Å². The van der Waals surface area contributed by atoms with E-state index in [1.165, 1.54) is 0 Å². The number of ketones is 1. The Labute approximate surface area is 140 Å². The fraction of sp³-hybridized carbons (Fsp3) is 0.333. The molecule has 2 aromatic rings. The molecule has 0 unspecified atom stereocenters. The van der Waals surface area contributed by atoms with Crippen molar-refractivity contribution in [2.24, 2.45) is 0 Å². The zero-order valence-electron chi connectivity index (χ0n) is 13.5. The zero-order valence-corrected chi connectivity index (χ0v) is 14.3. The molecule has 0 fully saturated rings. The largest absolute Gasteiger partial charge is 0.484 e. The molecule has 0 spiro atoms. The summed E-state index contributed by atoms with van der Waals surface area (Å²) in [4.78, 5) is 26.7. The molecule has 4 nitrogen and oxygen atoms in total. The van der Waals surface area contributed by atoms with Gasteiger partial charge in [-0.3, -0.25) is 9.59 Å². The van der Waals surface area contributed by atoms with Gasteiger partial charge in [-0.25, -0.2) is 0 Å². The minimum Gasteiger partial charge on any atom is -0.484 e. The SMILES string of the molecule is CCC(=O)c1ccc(OCC(=O)N(CC)Cc2cccs2)cc1. The molecule has 0 bridgehead atoms. The van der Waals surface area contributed by atoms with E-state index in [1.54, 1.807) is 40.5 Å². The third-order valence-electron chi connectivity index (χ3n) is 3.52. The Morgan fingerprint density at radius 1 is 1.13 bits per heavy atom. The van der Waals surface area contributed by atoms with E-state index in [4.69, 9.17) is 4.74 Å². The highest BCUT2D eigenvalue weighted by molar-refractivity contribution is 7.09. The van der Waals surface area contributed by atoms with Gasteiger partial charge in [0.2, 0.25) is 0 Å². The van der Waals surface area contributed by atoms with E-state index in [0.29, 0.717) is 30.8 Å². The van der Waals surface area contributed by atoms with Crippen LogP contribution in [-0.4, -0.2) is 29.7 Å². The van der Waals surface area contributed by atoms with Crippen LogP contribution in [0.1, 0.15) is 35.5 Å². The van der Waals surface area contributed by atoms with Gasteiger partial charge in [0, 0.05) is 23.4 Å². The Kier molecular flexibility index (Phi) is 6.35. The van der Waals surface area contributed by atoms with E-state index in [9.17, 15) is 9.59 Å². The number of amides is 1. The summed E-state index contributed by atoms with van der Waals surface area (Å²) in [7, 11) is 0. The number of thiophene rings is 1. The lowest BCUT2D eigenvalue weighted by Crippen LogP contribution is -2.34. The highest BCUT2D eigenvalue weighted by Crippen LogP contribution is 2.15. The molecular formula is C18H21NO3S. The number of ether oxygens (including phenoxy) is 1. The quantitative estimate of drug-likeness (QED) is 0.692. The number of hydrogen-bond donors (Lipinski definition) is 0. The first-order chi connectivity index (χ1) is 11.1. The summed E-state index contributed by atoms with van der Waals surface area (Å²) in [6, 6.07) is 10.9. The Balaban J connectivity index is 1.88. The van der Waals surface area contributed by atoms with Crippen molar-refractivity contribution in [3.8, 4) is 5.75 Å². The summed E-state index contributed by atoms with van der Waals surface area (Å²) in [5.41, 5.74) is 0.666. The van der Waals surface area contributed by atoms with Crippen LogP contribution in [0.2, 0.25) is 0 Å². The number of benzene rings is 1. The van der Waals surface area contributed by atoms with Gasteiger partial charge < -0.3 is 9.64 Å². The molecule has 0 aliphatic heterocycles. The topological polar surface area (TPSA) is 46.6 Å². The second-order valence-corrected chi connectivity index (χ2v) is 6.11. The highest BCUT2D eigenvalue weighted by Gasteiger charge is 2.13. The Morgan fingerprint density at radius 3 is 2.43 bits per heavy atom. The van der Waals surface area contributed by atoms with Crippen LogP contribution >= 0.6 is 11.3 Å². The fourth-order valence-corrected chi connectivity index (χ4v) is 2.86. The van der Waals surface area contributed by atoms with Crippen LogP contribution in [0.15, 0.2) is 41.8 Å². The van der Waals surface area contributed by atoms with Gasteiger partial charge in [0.05, 0.1) is 6.54 Å².